The summed E-state index contributed by atoms with van der Waals surface area (Å²) in [6, 6.07) is 57.5. The summed E-state index contributed by atoms with van der Waals surface area (Å²) in [5.74, 6) is 0. The third-order valence-electron chi connectivity index (χ3n) is 9.75. The fourth-order valence-corrected chi connectivity index (χ4v) is 7.61. The molecule has 7 aromatic carbocycles. The molecule has 0 radical (unpaired) electrons. The van der Waals surface area contributed by atoms with Crippen LogP contribution in [0.15, 0.2) is 158 Å². The Kier molecular flexibility index (Phi) is 5.58. The Morgan fingerprint density at radius 3 is 1.80 bits per heavy atom. The molecule has 214 valence electrons. The highest BCUT2D eigenvalue weighted by atomic mass is 15.1. The number of benzene rings is 7. The second-order valence-electron chi connectivity index (χ2n) is 12.6. The second-order valence-corrected chi connectivity index (χ2v) is 12.6. The van der Waals surface area contributed by atoms with Crippen LogP contribution < -0.4 is 4.90 Å². The van der Waals surface area contributed by atoms with E-state index in [2.05, 4.69) is 181 Å². The Labute approximate surface area is 263 Å². The van der Waals surface area contributed by atoms with Crippen molar-refractivity contribution in [2.24, 2.45) is 0 Å². The number of anilines is 3. The van der Waals surface area contributed by atoms with E-state index in [1.165, 1.54) is 66.2 Å². The maximum Gasteiger partial charge on any atom is 0.0547 e. The lowest BCUT2D eigenvalue weighted by Crippen LogP contribution is -2.17. The fourth-order valence-electron chi connectivity index (χ4n) is 7.61. The molecule has 0 atom stereocenters. The van der Waals surface area contributed by atoms with E-state index < -0.39 is 0 Å². The molecule has 2 heteroatoms. The number of fused-ring (bicyclic) bond motifs is 8. The van der Waals surface area contributed by atoms with Crippen molar-refractivity contribution in [2.45, 2.75) is 19.3 Å². The molecule has 1 aliphatic carbocycles. The normalized spacial score (nSPS) is 13.3. The number of rotatable bonds is 4. The van der Waals surface area contributed by atoms with Crippen LogP contribution in [-0.2, 0) is 5.41 Å². The summed E-state index contributed by atoms with van der Waals surface area (Å²) in [5, 5.41) is 5.18. The van der Waals surface area contributed by atoms with E-state index in [1.807, 2.05) is 0 Å². The molecule has 0 spiro atoms. The number of nitrogens with zero attached hydrogens (tertiary/aromatic N) is 2. The highest BCUT2D eigenvalue weighted by molar-refractivity contribution is 6.21. The lowest BCUT2D eigenvalue weighted by molar-refractivity contribution is 0.660. The summed E-state index contributed by atoms with van der Waals surface area (Å²) in [7, 11) is 0. The Balaban J connectivity index is 1.21. The van der Waals surface area contributed by atoms with E-state index in [0.29, 0.717) is 0 Å². The van der Waals surface area contributed by atoms with Crippen molar-refractivity contribution in [1.82, 2.24) is 4.57 Å². The molecule has 0 fully saturated rings. The first-order chi connectivity index (χ1) is 22.1. The Morgan fingerprint density at radius 2 is 1.07 bits per heavy atom. The molecular weight excluding hydrogens is 544 g/mol. The summed E-state index contributed by atoms with van der Waals surface area (Å²) in [4.78, 5) is 2.35. The molecule has 0 N–H and O–H groups in total. The monoisotopic (exact) mass is 576 g/mol. The molecule has 1 aliphatic rings. The minimum atomic E-state index is -0.165. The van der Waals surface area contributed by atoms with Crippen molar-refractivity contribution >= 4 is 49.6 Å². The van der Waals surface area contributed by atoms with E-state index in [4.69, 9.17) is 0 Å². The van der Waals surface area contributed by atoms with E-state index in [-0.39, 0.29) is 5.41 Å². The average Bonchev–Trinajstić information content (AvgIpc) is 3.54. The molecule has 1 aromatic heterocycles. The molecule has 1 heterocycles. The van der Waals surface area contributed by atoms with Gasteiger partial charge in [0.15, 0.2) is 0 Å². The van der Waals surface area contributed by atoms with Crippen LogP contribution in [-0.4, -0.2) is 4.57 Å². The molecule has 0 saturated heterocycles. The van der Waals surface area contributed by atoms with Crippen molar-refractivity contribution < 1.29 is 0 Å². The van der Waals surface area contributed by atoms with Gasteiger partial charge in [0.1, 0.15) is 0 Å². The van der Waals surface area contributed by atoms with Gasteiger partial charge in [-0.25, -0.2) is 0 Å². The molecule has 0 aliphatic heterocycles. The summed E-state index contributed by atoms with van der Waals surface area (Å²) in [6.07, 6.45) is 0. The van der Waals surface area contributed by atoms with Gasteiger partial charge in [0.05, 0.1) is 11.0 Å². The van der Waals surface area contributed by atoms with Crippen LogP contribution in [0.25, 0.3) is 49.4 Å². The zero-order chi connectivity index (χ0) is 30.1. The molecule has 0 amide bonds. The molecule has 9 rings (SSSR count). The van der Waals surface area contributed by atoms with Crippen molar-refractivity contribution in [3.8, 4) is 16.8 Å². The lowest BCUT2D eigenvalue weighted by atomic mass is 9.82. The van der Waals surface area contributed by atoms with Gasteiger partial charge in [-0.15, -0.1) is 0 Å². The van der Waals surface area contributed by atoms with Gasteiger partial charge in [-0.3, -0.25) is 0 Å². The van der Waals surface area contributed by atoms with Crippen LogP contribution in [0.2, 0.25) is 0 Å². The molecule has 2 nitrogen and oxygen atoms in total. The SMILES string of the molecule is CC1(C)c2cc(N(c3ccccc3)c3ccccc3)ccc2-c2ccc(-n3c4ccccc4c4c5ccccc5ccc43)cc21. The van der Waals surface area contributed by atoms with Gasteiger partial charge < -0.3 is 9.47 Å². The quantitative estimate of drug-likeness (QED) is 0.202. The molecule has 0 saturated carbocycles. The minimum Gasteiger partial charge on any atom is -0.310 e. The zero-order valence-electron chi connectivity index (χ0n) is 25.4. The van der Waals surface area contributed by atoms with E-state index >= 15 is 0 Å². The number of hydrogen-bond donors (Lipinski definition) is 0. The highest BCUT2D eigenvalue weighted by Crippen LogP contribution is 2.51. The van der Waals surface area contributed by atoms with Crippen molar-refractivity contribution in [3.63, 3.8) is 0 Å². The summed E-state index contributed by atoms with van der Waals surface area (Å²) < 4.78 is 2.45. The first-order valence-electron chi connectivity index (χ1n) is 15.7. The van der Waals surface area contributed by atoms with Gasteiger partial charge in [0.2, 0.25) is 0 Å². The van der Waals surface area contributed by atoms with Gasteiger partial charge in [-0.1, -0.05) is 111 Å². The smallest absolute Gasteiger partial charge is 0.0547 e. The first kappa shape index (κ1) is 25.9. The van der Waals surface area contributed by atoms with E-state index in [9.17, 15) is 0 Å². The lowest BCUT2D eigenvalue weighted by Gasteiger charge is -2.28. The Morgan fingerprint density at radius 1 is 0.467 bits per heavy atom. The van der Waals surface area contributed by atoms with Crippen LogP contribution in [0.3, 0.4) is 0 Å². The highest BCUT2D eigenvalue weighted by Gasteiger charge is 2.36. The number of para-hydroxylation sites is 3. The van der Waals surface area contributed by atoms with Crippen LogP contribution >= 0.6 is 0 Å². The predicted octanol–water partition coefficient (Wildman–Crippen LogP) is 11.7. The predicted molar refractivity (Wildman–Crippen MR) is 191 cm³/mol. The van der Waals surface area contributed by atoms with Crippen molar-refractivity contribution in [2.75, 3.05) is 4.90 Å². The standard InChI is InChI=1S/C43H32N2/c1-43(2)38-27-32(44(30-14-5-3-6-15-30)31-16-7-4-8-17-31)22-24-35(38)36-25-23-33(28-39(36)43)45-40-20-12-11-19-37(40)42-34-18-10-9-13-29(34)21-26-41(42)45/h3-28H,1-2H3. The Hall–Kier alpha value is -5.60. The first-order valence-corrected chi connectivity index (χ1v) is 15.7. The summed E-state index contributed by atoms with van der Waals surface area (Å²) in [6.45, 7) is 4.75. The maximum atomic E-state index is 2.45. The molecule has 8 aromatic rings. The summed E-state index contributed by atoms with van der Waals surface area (Å²) in [5.41, 5.74) is 12.3. The average molecular weight is 577 g/mol. The summed E-state index contributed by atoms with van der Waals surface area (Å²) >= 11 is 0. The van der Waals surface area contributed by atoms with Crippen LogP contribution in [0, 0.1) is 0 Å². The molecule has 45 heavy (non-hydrogen) atoms. The van der Waals surface area contributed by atoms with E-state index in [1.54, 1.807) is 0 Å². The molecule has 0 unspecified atom stereocenters. The third-order valence-corrected chi connectivity index (χ3v) is 9.75. The van der Waals surface area contributed by atoms with Gasteiger partial charge in [-0.05, 0) is 93.7 Å². The van der Waals surface area contributed by atoms with Gasteiger partial charge >= 0.3 is 0 Å². The van der Waals surface area contributed by atoms with Gasteiger partial charge in [0.25, 0.3) is 0 Å². The second kappa shape index (κ2) is 9.70. The van der Waals surface area contributed by atoms with Gasteiger partial charge in [-0.2, -0.15) is 0 Å². The van der Waals surface area contributed by atoms with E-state index in [0.717, 1.165) is 11.4 Å². The number of hydrogen-bond acceptors (Lipinski definition) is 1. The van der Waals surface area contributed by atoms with Crippen LogP contribution in [0.1, 0.15) is 25.0 Å². The largest absolute Gasteiger partial charge is 0.310 e. The fraction of sp³-hybridized carbons (Fsp3) is 0.0698. The van der Waals surface area contributed by atoms with Crippen molar-refractivity contribution in [1.29, 1.82) is 0 Å². The van der Waals surface area contributed by atoms with Crippen molar-refractivity contribution in [3.05, 3.63) is 169 Å². The third kappa shape index (κ3) is 3.82. The van der Waals surface area contributed by atoms with Crippen LogP contribution in [0.4, 0.5) is 17.1 Å². The Bertz CT molecular complexity index is 2360. The zero-order valence-corrected chi connectivity index (χ0v) is 25.4. The maximum absolute atomic E-state index is 2.45. The number of aromatic nitrogens is 1. The minimum absolute atomic E-state index is 0.165. The molecule has 0 bridgehead atoms. The van der Waals surface area contributed by atoms with Crippen LogP contribution in [0.5, 0.6) is 0 Å². The topological polar surface area (TPSA) is 8.17 Å². The molecular formula is C43H32N2. The van der Waals surface area contributed by atoms with Gasteiger partial charge in [0, 0.05) is 38.9 Å².